The minimum Gasteiger partial charge on any atom is -0.306 e. The number of amides is 1. The van der Waals surface area contributed by atoms with Gasteiger partial charge in [0.25, 0.3) is 5.91 Å². The number of carbonyl (C=O) groups is 1. The third kappa shape index (κ3) is 4.36. The molecule has 0 saturated heterocycles. The number of hydrogen-bond donors (Lipinski definition) is 1. The van der Waals surface area contributed by atoms with Crippen molar-refractivity contribution in [3.8, 4) is 21.8 Å². The molecule has 3 aromatic heterocycles. The molecule has 1 aromatic carbocycles. The second kappa shape index (κ2) is 8.35. The van der Waals surface area contributed by atoms with Crippen LogP contribution in [0.4, 0.5) is 14.6 Å². The molecule has 6 nitrogen and oxygen atoms in total. The van der Waals surface area contributed by atoms with Crippen LogP contribution in [0.25, 0.3) is 21.8 Å². The van der Waals surface area contributed by atoms with E-state index in [0.717, 1.165) is 38.8 Å². The highest BCUT2D eigenvalue weighted by Gasteiger charge is 2.18. The third-order valence-corrected chi connectivity index (χ3v) is 5.99. The highest BCUT2D eigenvalue weighted by atomic mass is 32.1. The first-order valence-electron chi connectivity index (χ1n) is 9.54. The molecule has 158 valence electrons. The topological polar surface area (TPSA) is 72.7 Å². The maximum absolute atomic E-state index is 13.8. The highest BCUT2D eigenvalue weighted by Crippen LogP contribution is 2.37. The zero-order valence-corrected chi connectivity index (χ0v) is 17.9. The van der Waals surface area contributed by atoms with Gasteiger partial charge in [-0.3, -0.25) is 9.48 Å². The molecule has 0 bridgehead atoms. The van der Waals surface area contributed by atoms with E-state index in [1.54, 1.807) is 40.5 Å². The summed E-state index contributed by atoms with van der Waals surface area (Å²) in [4.78, 5) is 22.5. The van der Waals surface area contributed by atoms with Crippen molar-refractivity contribution >= 4 is 23.1 Å². The number of nitrogens with zero attached hydrogens (tertiary/aromatic N) is 4. The second-order valence-electron chi connectivity index (χ2n) is 7.30. The van der Waals surface area contributed by atoms with E-state index in [1.807, 2.05) is 13.2 Å². The van der Waals surface area contributed by atoms with Crippen molar-refractivity contribution in [2.75, 3.05) is 5.32 Å². The second-order valence-corrected chi connectivity index (χ2v) is 8.33. The lowest BCUT2D eigenvalue weighted by Crippen LogP contribution is -2.14. The van der Waals surface area contributed by atoms with Gasteiger partial charge in [0.15, 0.2) is 0 Å². The molecule has 0 aliphatic heterocycles. The number of halogens is 2. The Bertz CT molecular complexity index is 1250. The summed E-state index contributed by atoms with van der Waals surface area (Å²) >= 11 is 1.61. The lowest BCUT2D eigenvalue weighted by molar-refractivity contribution is 0.102. The third-order valence-electron chi connectivity index (χ3n) is 4.58. The first-order valence-corrected chi connectivity index (χ1v) is 10.4. The van der Waals surface area contributed by atoms with Crippen LogP contribution in [0, 0.1) is 11.6 Å². The van der Waals surface area contributed by atoms with Crippen molar-refractivity contribution in [1.82, 2.24) is 19.7 Å². The molecular weight excluding hydrogens is 420 g/mol. The van der Waals surface area contributed by atoms with Crippen molar-refractivity contribution < 1.29 is 13.6 Å². The maximum atomic E-state index is 13.8. The summed E-state index contributed by atoms with van der Waals surface area (Å²) in [5.74, 6) is -1.86. The van der Waals surface area contributed by atoms with Gasteiger partial charge >= 0.3 is 0 Å². The van der Waals surface area contributed by atoms with Crippen LogP contribution in [0.3, 0.4) is 0 Å². The number of aromatic nitrogens is 4. The summed E-state index contributed by atoms with van der Waals surface area (Å²) in [6, 6.07) is 6.23. The summed E-state index contributed by atoms with van der Waals surface area (Å²) in [5.41, 5.74) is 2.32. The molecule has 9 heteroatoms. The number of rotatable bonds is 5. The van der Waals surface area contributed by atoms with Gasteiger partial charge in [-0.05, 0) is 30.2 Å². The summed E-state index contributed by atoms with van der Waals surface area (Å²) < 4.78 is 28.6. The monoisotopic (exact) mass is 439 g/mol. The Morgan fingerprint density at radius 2 is 1.94 bits per heavy atom. The molecule has 1 N–H and O–H groups in total. The van der Waals surface area contributed by atoms with Gasteiger partial charge in [-0.2, -0.15) is 5.10 Å². The quantitative estimate of drug-likeness (QED) is 0.460. The van der Waals surface area contributed by atoms with Crippen LogP contribution in [0.15, 0.2) is 48.9 Å². The van der Waals surface area contributed by atoms with Crippen LogP contribution >= 0.6 is 11.3 Å². The minimum absolute atomic E-state index is 0.255. The van der Waals surface area contributed by atoms with Crippen molar-refractivity contribution in [3.05, 3.63) is 71.0 Å². The molecule has 4 rings (SSSR count). The summed E-state index contributed by atoms with van der Waals surface area (Å²) in [7, 11) is 1.86. The van der Waals surface area contributed by atoms with Gasteiger partial charge in [0.1, 0.15) is 22.5 Å². The Hall–Kier alpha value is -3.46. The lowest BCUT2D eigenvalue weighted by atomic mass is 10.1. The van der Waals surface area contributed by atoms with E-state index >= 15 is 0 Å². The predicted molar refractivity (Wildman–Crippen MR) is 116 cm³/mol. The summed E-state index contributed by atoms with van der Waals surface area (Å²) in [6.45, 7) is 4.20. The predicted octanol–water partition coefficient (Wildman–Crippen LogP) is 5.26. The summed E-state index contributed by atoms with van der Waals surface area (Å²) in [5, 5.41) is 7.61. The Morgan fingerprint density at radius 3 is 2.55 bits per heavy atom. The van der Waals surface area contributed by atoms with Crippen LogP contribution in [0.2, 0.25) is 0 Å². The van der Waals surface area contributed by atoms with E-state index in [1.165, 1.54) is 0 Å². The van der Waals surface area contributed by atoms with Gasteiger partial charge in [0.2, 0.25) is 0 Å². The Balaban J connectivity index is 1.59. The fourth-order valence-electron chi connectivity index (χ4n) is 3.05. The Morgan fingerprint density at radius 1 is 1.13 bits per heavy atom. The molecule has 0 saturated carbocycles. The van der Waals surface area contributed by atoms with Gasteiger partial charge in [-0.25, -0.2) is 18.7 Å². The molecule has 0 aliphatic carbocycles. The summed E-state index contributed by atoms with van der Waals surface area (Å²) in [6.07, 6.45) is 5.31. The van der Waals surface area contributed by atoms with E-state index in [-0.39, 0.29) is 17.3 Å². The van der Waals surface area contributed by atoms with Crippen LogP contribution in [0.5, 0.6) is 0 Å². The number of carbonyl (C=O) groups excluding carboxylic acids is 1. The largest absolute Gasteiger partial charge is 0.306 e. The van der Waals surface area contributed by atoms with E-state index in [2.05, 4.69) is 29.2 Å². The SMILES string of the molecule is CC(C)c1sc(-c2cnn(C)c2)nc1-c1ccc(NC(=O)c2ccc(F)cc2F)nc1. The van der Waals surface area contributed by atoms with Gasteiger partial charge in [-0.15, -0.1) is 11.3 Å². The first kappa shape index (κ1) is 20.8. The van der Waals surface area contributed by atoms with E-state index < -0.39 is 17.5 Å². The zero-order chi connectivity index (χ0) is 22.1. The average molecular weight is 439 g/mol. The number of aryl methyl sites for hydroxylation is 1. The fraction of sp³-hybridized carbons (Fsp3) is 0.182. The first-order chi connectivity index (χ1) is 14.8. The number of hydrogen-bond acceptors (Lipinski definition) is 5. The van der Waals surface area contributed by atoms with Crippen LogP contribution in [0.1, 0.15) is 35.0 Å². The maximum Gasteiger partial charge on any atom is 0.259 e. The molecule has 4 aromatic rings. The number of benzene rings is 1. The molecule has 0 fully saturated rings. The zero-order valence-electron chi connectivity index (χ0n) is 17.1. The molecule has 0 unspecified atom stereocenters. The lowest BCUT2D eigenvalue weighted by Gasteiger charge is -2.08. The fourth-order valence-corrected chi connectivity index (χ4v) is 4.11. The Kier molecular flexibility index (Phi) is 5.60. The standard InChI is InChI=1S/C22H19F2N5OS/c1-12(2)20-19(28-22(31-20)14-10-26-29(3)11-14)13-4-7-18(25-9-13)27-21(30)16-6-5-15(23)8-17(16)24/h4-12H,1-3H3,(H,25,27,30). The molecule has 3 heterocycles. The van der Waals surface area contributed by atoms with Crippen molar-refractivity contribution in [1.29, 1.82) is 0 Å². The number of thiazole rings is 1. The molecule has 31 heavy (non-hydrogen) atoms. The van der Waals surface area contributed by atoms with E-state index in [4.69, 9.17) is 4.98 Å². The molecular formula is C22H19F2N5OS. The van der Waals surface area contributed by atoms with Gasteiger partial charge < -0.3 is 5.32 Å². The van der Waals surface area contributed by atoms with Crippen molar-refractivity contribution in [3.63, 3.8) is 0 Å². The molecule has 0 atom stereocenters. The number of nitrogens with one attached hydrogen (secondary N) is 1. The average Bonchev–Trinajstić information content (AvgIpc) is 3.35. The minimum atomic E-state index is -0.930. The molecule has 0 aliphatic rings. The molecule has 0 spiro atoms. The van der Waals surface area contributed by atoms with Gasteiger partial charge in [0, 0.05) is 41.5 Å². The number of pyridine rings is 1. The number of anilines is 1. The molecule has 1 amide bonds. The van der Waals surface area contributed by atoms with Crippen LogP contribution < -0.4 is 5.32 Å². The molecule has 0 radical (unpaired) electrons. The van der Waals surface area contributed by atoms with Gasteiger partial charge in [-0.1, -0.05) is 13.8 Å². The smallest absolute Gasteiger partial charge is 0.259 e. The van der Waals surface area contributed by atoms with Crippen molar-refractivity contribution in [2.45, 2.75) is 19.8 Å². The van der Waals surface area contributed by atoms with Crippen LogP contribution in [-0.4, -0.2) is 25.7 Å². The highest BCUT2D eigenvalue weighted by molar-refractivity contribution is 7.15. The van der Waals surface area contributed by atoms with Gasteiger partial charge in [0.05, 0.1) is 17.5 Å². The normalized spacial score (nSPS) is 11.2. The van der Waals surface area contributed by atoms with E-state index in [9.17, 15) is 13.6 Å². The van der Waals surface area contributed by atoms with E-state index in [0.29, 0.717) is 6.07 Å². The van der Waals surface area contributed by atoms with Crippen LogP contribution in [-0.2, 0) is 7.05 Å². The van der Waals surface area contributed by atoms with Crippen molar-refractivity contribution in [2.24, 2.45) is 7.05 Å². The Labute approximate surface area is 181 Å².